The summed E-state index contributed by atoms with van der Waals surface area (Å²) in [5.74, 6) is 1.32. The molecular formula is C26H26N2O3. The van der Waals surface area contributed by atoms with Gasteiger partial charge in [0.05, 0.1) is 7.11 Å². The van der Waals surface area contributed by atoms with Gasteiger partial charge in [-0.2, -0.15) is 0 Å². The standard InChI is InChI=1S/C26H26N2O3/c1-18-7-11-21(12-8-18)31-17-26(29)28-15-23(19-9-13-20(30-2)14-10-19)24-16-27-25-6-4-3-5-22(24)25/h3-14,16,23,27H,15,17H2,1-2H3,(H,28,29)/t23-/m1/s1. The summed E-state index contributed by atoms with van der Waals surface area (Å²) in [6.07, 6.45) is 2.02. The molecule has 5 heteroatoms. The average Bonchev–Trinajstić information content (AvgIpc) is 3.23. The lowest BCUT2D eigenvalue weighted by atomic mass is 9.91. The topological polar surface area (TPSA) is 63.4 Å². The number of aromatic amines is 1. The van der Waals surface area contributed by atoms with Gasteiger partial charge in [-0.3, -0.25) is 4.79 Å². The van der Waals surface area contributed by atoms with Gasteiger partial charge in [0.2, 0.25) is 0 Å². The van der Waals surface area contributed by atoms with Crippen molar-refractivity contribution in [3.05, 3.63) is 95.7 Å². The number of H-pyrrole nitrogens is 1. The van der Waals surface area contributed by atoms with E-state index in [1.807, 2.05) is 73.8 Å². The van der Waals surface area contributed by atoms with Crippen LogP contribution < -0.4 is 14.8 Å². The molecule has 158 valence electrons. The van der Waals surface area contributed by atoms with Crippen molar-refractivity contribution >= 4 is 16.8 Å². The third-order valence-electron chi connectivity index (χ3n) is 5.41. The van der Waals surface area contributed by atoms with Gasteiger partial charge in [0.25, 0.3) is 5.91 Å². The zero-order valence-electron chi connectivity index (χ0n) is 17.7. The third kappa shape index (κ3) is 4.89. The number of carbonyl (C=O) groups excluding carboxylic acids is 1. The molecule has 1 atom stereocenters. The molecule has 5 nitrogen and oxygen atoms in total. The minimum absolute atomic E-state index is 0.00891. The van der Waals surface area contributed by atoms with Crippen molar-refractivity contribution < 1.29 is 14.3 Å². The summed E-state index contributed by atoms with van der Waals surface area (Å²) in [6.45, 7) is 2.46. The molecule has 2 N–H and O–H groups in total. The molecule has 0 saturated carbocycles. The SMILES string of the molecule is COc1ccc([C@@H](CNC(=O)COc2ccc(C)cc2)c2c[nH]c3ccccc23)cc1. The molecule has 1 heterocycles. The lowest BCUT2D eigenvalue weighted by molar-refractivity contribution is -0.123. The van der Waals surface area contributed by atoms with Crippen LogP contribution in [0.1, 0.15) is 22.6 Å². The van der Waals surface area contributed by atoms with Gasteiger partial charge in [-0.05, 0) is 48.4 Å². The molecule has 0 aliphatic carbocycles. The van der Waals surface area contributed by atoms with E-state index in [0.29, 0.717) is 12.3 Å². The van der Waals surface area contributed by atoms with E-state index in [2.05, 4.69) is 22.4 Å². The maximum absolute atomic E-state index is 12.5. The van der Waals surface area contributed by atoms with Gasteiger partial charge in [0.15, 0.2) is 6.61 Å². The second-order valence-corrected chi connectivity index (χ2v) is 7.52. The number of carbonyl (C=O) groups is 1. The van der Waals surface area contributed by atoms with E-state index in [0.717, 1.165) is 33.3 Å². The first-order chi connectivity index (χ1) is 15.1. The Kier molecular flexibility index (Phi) is 6.22. The van der Waals surface area contributed by atoms with Crippen LogP contribution in [0.2, 0.25) is 0 Å². The fourth-order valence-electron chi connectivity index (χ4n) is 3.68. The number of rotatable bonds is 8. The molecule has 0 aliphatic heterocycles. The molecule has 4 rings (SSSR count). The molecule has 31 heavy (non-hydrogen) atoms. The summed E-state index contributed by atoms with van der Waals surface area (Å²) >= 11 is 0. The zero-order valence-corrected chi connectivity index (χ0v) is 17.7. The van der Waals surface area contributed by atoms with E-state index >= 15 is 0 Å². The molecule has 0 bridgehead atoms. The van der Waals surface area contributed by atoms with Gasteiger partial charge in [0, 0.05) is 29.6 Å². The molecule has 0 unspecified atom stereocenters. The Morgan fingerprint density at radius 3 is 2.42 bits per heavy atom. The van der Waals surface area contributed by atoms with Crippen molar-refractivity contribution in [1.29, 1.82) is 0 Å². The quantitative estimate of drug-likeness (QED) is 0.435. The predicted molar refractivity (Wildman–Crippen MR) is 123 cm³/mol. The van der Waals surface area contributed by atoms with Gasteiger partial charge >= 0.3 is 0 Å². The summed E-state index contributed by atoms with van der Waals surface area (Å²) in [7, 11) is 1.65. The number of methoxy groups -OCH3 is 1. The Bertz CT molecular complexity index is 1150. The van der Waals surface area contributed by atoms with Gasteiger partial charge in [-0.25, -0.2) is 0 Å². The Labute approximate surface area is 182 Å². The molecule has 0 radical (unpaired) electrons. The number of aromatic nitrogens is 1. The summed E-state index contributed by atoms with van der Waals surface area (Å²) in [5.41, 5.74) is 4.47. The van der Waals surface area contributed by atoms with Crippen LogP contribution in [0.3, 0.4) is 0 Å². The second kappa shape index (κ2) is 9.39. The van der Waals surface area contributed by atoms with Crippen LogP contribution in [-0.2, 0) is 4.79 Å². The Hall–Kier alpha value is -3.73. The van der Waals surface area contributed by atoms with Gasteiger partial charge in [-0.1, -0.05) is 48.0 Å². The highest BCUT2D eigenvalue weighted by Crippen LogP contribution is 2.31. The van der Waals surface area contributed by atoms with Crippen molar-refractivity contribution in [1.82, 2.24) is 10.3 Å². The van der Waals surface area contributed by atoms with E-state index in [4.69, 9.17) is 9.47 Å². The molecule has 4 aromatic rings. The molecule has 0 spiro atoms. The summed E-state index contributed by atoms with van der Waals surface area (Å²) in [5, 5.41) is 4.18. The summed E-state index contributed by atoms with van der Waals surface area (Å²) < 4.78 is 10.9. The third-order valence-corrected chi connectivity index (χ3v) is 5.41. The number of benzene rings is 3. The first kappa shape index (κ1) is 20.5. The zero-order chi connectivity index (χ0) is 21.6. The Balaban J connectivity index is 1.50. The Morgan fingerprint density at radius 2 is 1.68 bits per heavy atom. The number of hydrogen-bond donors (Lipinski definition) is 2. The number of hydrogen-bond acceptors (Lipinski definition) is 3. The lowest BCUT2D eigenvalue weighted by Gasteiger charge is -2.19. The van der Waals surface area contributed by atoms with Crippen LogP contribution in [0.5, 0.6) is 11.5 Å². The molecule has 0 fully saturated rings. The predicted octanol–water partition coefficient (Wildman–Crippen LogP) is 4.81. The normalized spacial score (nSPS) is 11.8. The van der Waals surface area contributed by atoms with E-state index in [9.17, 15) is 4.79 Å². The van der Waals surface area contributed by atoms with Gasteiger partial charge in [-0.15, -0.1) is 0 Å². The van der Waals surface area contributed by atoms with Crippen LogP contribution >= 0.6 is 0 Å². The lowest BCUT2D eigenvalue weighted by Crippen LogP contribution is -2.32. The van der Waals surface area contributed by atoms with Crippen molar-refractivity contribution in [2.45, 2.75) is 12.8 Å². The Morgan fingerprint density at radius 1 is 0.968 bits per heavy atom. The molecule has 0 saturated heterocycles. The maximum Gasteiger partial charge on any atom is 0.257 e. The van der Waals surface area contributed by atoms with E-state index in [1.165, 1.54) is 0 Å². The number of aryl methyl sites for hydroxylation is 1. The fraction of sp³-hybridized carbons (Fsp3) is 0.192. The molecule has 1 amide bonds. The second-order valence-electron chi connectivity index (χ2n) is 7.52. The van der Waals surface area contributed by atoms with Crippen LogP contribution in [0.25, 0.3) is 10.9 Å². The highest BCUT2D eigenvalue weighted by Gasteiger charge is 2.19. The summed E-state index contributed by atoms with van der Waals surface area (Å²) in [6, 6.07) is 23.8. The minimum atomic E-state index is -0.154. The molecule has 0 aliphatic rings. The molecule has 3 aromatic carbocycles. The minimum Gasteiger partial charge on any atom is -0.497 e. The largest absolute Gasteiger partial charge is 0.497 e. The van der Waals surface area contributed by atoms with E-state index < -0.39 is 0 Å². The number of fused-ring (bicyclic) bond motifs is 1. The van der Waals surface area contributed by atoms with Crippen molar-refractivity contribution in [2.24, 2.45) is 0 Å². The van der Waals surface area contributed by atoms with Crippen molar-refractivity contribution in [2.75, 3.05) is 20.3 Å². The number of ether oxygens (including phenoxy) is 2. The highest BCUT2D eigenvalue weighted by molar-refractivity contribution is 5.84. The van der Waals surface area contributed by atoms with E-state index in [-0.39, 0.29) is 18.4 Å². The fourth-order valence-corrected chi connectivity index (χ4v) is 3.68. The van der Waals surface area contributed by atoms with E-state index in [1.54, 1.807) is 7.11 Å². The first-order valence-electron chi connectivity index (χ1n) is 10.3. The van der Waals surface area contributed by atoms with Crippen molar-refractivity contribution in [3.63, 3.8) is 0 Å². The molecular weight excluding hydrogens is 388 g/mol. The van der Waals surface area contributed by atoms with Gasteiger partial charge < -0.3 is 19.8 Å². The monoisotopic (exact) mass is 414 g/mol. The average molecular weight is 415 g/mol. The maximum atomic E-state index is 12.5. The number of amides is 1. The number of para-hydroxylation sites is 1. The highest BCUT2D eigenvalue weighted by atomic mass is 16.5. The van der Waals surface area contributed by atoms with Crippen LogP contribution in [0.4, 0.5) is 0 Å². The van der Waals surface area contributed by atoms with Crippen LogP contribution in [0.15, 0.2) is 79.0 Å². The number of nitrogens with one attached hydrogen (secondary N) is 2. The van der Waals surface area contributed by atoms with Crippen molar-refractivity contribution in [3.8, 4) is 11.5 Å². The summed E-state index contributed by atoms with van der Waals surface area (Å²) in [4.78, 5) is 15.8. The first-order valence-corrected chi connectivity index (χ1v) is 10.3. The van der Waals surface area contributed by atoms with Crippen LogP contribution in [-0.4, -0.2) is 31.2 Å². The smallest absolute Gasteiger partial charge is 0.257 e. The molecule has 1 aromatic heterocycles. The van der Waals surface area contributed by atoms with Crippen LogP contribution in [0, 0.1) is 6.92 Å². The van der Waals surface area contributed by atoms with Gasteiger partial charge in [0.1, 0.15) is 11.5 Å².